The van der Waals surface area contributed by atoms with E-state index in [2.05, 4.69) is 27.7 Å². The molecular formula is C28H58. The normalized spacial score (nSPS) is 12.8. The highest BCUT2D eigenvalue weighted by Crippen LogP contribution is 2.31. The van der Waals surface area contributed by atoms with E-state index >= 15 is 0 Å². The lowest BCUT2D eigenvalue weighted by atomic mass is 9.82. The van der Waals surface area contributed by atoms with Crippen molar-refractivity contribution in [1.82, 2.24) is 0 Å². The molecule has 1 atom stereocenters. The summed E-state index contributed by atoms with van der Waals surface area (Å²) in [6.45, 7) is 9.35. The number of rotatable bonds is 23. The highest BCUT2D eigenvalue weighted by molar-refractivity contribution is 4.69. The fourth-order valence-corrected chi connectivity index (χ4v) is 4.85. The van der Waals surface area contributed by atoms with E-state index in [1.807, 2.05) is 0 Å². The van der Waals surface area contributed by atoms with Crippen LogP contribution in [0.15, 0.2) is 0 Å². The highest BCUT2D eigenvalue weighted by Gasteiger charge is 2.16. The molecule has 0 amide bonds. The van der Waals surface area contributed by atoms with E-state index in [0.29, 0.717) is 0 Å². The van der Waals surface area contributed by atoms with Gasteiger partial charge in [-0.05, 0) is 18.3 Å². The Morgan fingerprint density at radius 3 is 0.857 bits per heavy atom. The van der Waals surface area contributed by atoms with Crippen LogP contribution in [0.5, 0.6) is 0 Å². The minimum absolute atomic E-state index is 1.03. The monoisotopic (exact) mass is 394 g/mol. The molecule has 0 radical (unpaired) electrons. The summed E-state index contributed by atoms with van der Waals surface area (Å²) in [4.78, 5) is 0. The van der Waals surface area contributed by atoms with Gasteiger partial charge in [-0.2, -0.15) is 0 Å². The van der Waals surface area contributed by atoms with Gasteiger partial charge in [0.25, 0.3) is 0 Å². The summed E-state index contributed by atoms with van der Waals surface area (Å²) in [5, 5.41) is 0. The minimum Gasteiger partial charge on any atom is -0.0654 e. The maximum absolute atomic E-state index is 2.34. The topological polar surface area (TPSA) is 0 Å². The molecule has 0 aliphatic carbocycles. The molecule has 0 N–H and O–H groups in total. The first-order valence-corrected chi connectivity index (χ1v) is 13.8. The summed E-state index contributed by atoms with van der Waals surface area (Å²) in [6, 6.07) is 0. The van der Waals surface area contributed by atoms with Crippen LogP contribution in [0.4, 0.5) is 0 Å². The average Bonchev–Trinajstić information content (AvgIpc) is 2.70. The van der Waals surface area contributed by atoms with Crippen molar-refractivity contribution in [3.05, 3.63) is 0 Å². The highest BCUT2D eigenvalue weighted by atomic mass is 14.2. The van der Waals surface area contributed by atoms with Gasteiger partial charge in [-0.3, -0.25) is 0 Å². The van der Waals surface area contributed by atoms with Crippen LogP contribution in [0.1, 0.15) is 169 Å². The molecule has 0 spiro atoms. The number of hydrogen-bond donors (Lipinski definition) is 0. The molecule has 0 aliphatic rings. The molecule has 0 bridgehead atoms. The van der Waals surface area contributed by atoms with Crippen LogP contribution in [0.3, 0.4) is 0 Å². The van der Waals surface area contributed by atoms with Crippen molar-refractivity contribution in [2.24, 2.45) is 11.8 Å². The van der Waals surface area contributed by atoms with Crippen LogP contribution >= 0.6 is 0 Å². The van der Waals surface area contributed by atoms with Crippen molar-refractivity contribution in [2.75, 3.05) is 0 Å². The van der Waals surface area contributed by atoms with Gasteiger partial charge >= 0.3 is 0 Å². The zero-order valence-electron chi connectivity index (χ0n) is 20.7. The van der Waals surface area contributed by atoms with Crippen molar-refractivity contribution >= 4 is 0 Å². The molecule has 0 heterocycles. The Morgan fingerprint density at radius 2 is 0.571 bits per heavy atom. The predicted octanol–water partition coefficient (Wildman–Crippen LogP) is 10.9. The number of hydrogen-bond acceptors (Lipinski definition) is 0. The van der Waals surface area contributed by atoms with Gasteiger partial charge in [0, 0.05) is 0 Å². The van der Waals surface area contributed by atoms with E-state index in [-0.39, 0.29) is 0 Å². The summed E-state index contributed by atoms with van der Waals surface area (Å²) in [6.07, 6.45) is 32.3. The molecule has 0 saturated carbocycles. The second-order valence-corrected chi connectivity index (χ2v) is 9.72. The first-order valence-electron chi connectivity index (χ1n) is 13.8. The molecule has 1 unspecified atom stereocenters. The molecule has 0 nitrogen and oxygen atoms in total. The lowest BCUT2D eigenvalue weighted by molar-refractivity contribution is 0.282. The second-order valence-electron chi connectivity index (χ2n) is 9.72. The van der Waals surface area contributed by atoms with Crippen LogP contribution in [-0.4, -0.2) is 0 Å². The van der Waals surface area contributed by atoms with Crippen molar-refractivity contribution < 1.29 is 0 Å². The Kier molecular flexibility index (Phi) is 23.3. The van der Waals surface area contributed by atoms with Crippen LogP contribution in [0.25, 0.3) is 0 Å². The van der Waals surface area contributed by atoms with Gasteiger partial charge < -0.3 is 0 Å². The van der Waals surface area contributed by atoms with Crippen molar-refractivity contribution in [2.45, 2.75) is 169 Å². The lowest BCUT2D eigenvalue weighted by Gasteiger charge is -2.24. The fourth-order valence-electron chi connectivity index (χ4n) is 4.85. The molecule has 0 aliphatic heterocycles. The van der Waals surface area contributed by atoms with Crippen LogP contribution in [-0.2, 0) is 0 Å². The first kappa shape index (κ1) is 28.0. The zero-order chi connectivity index (χ0) is 20.7. The average molecular weight is 395 g/mol. The van der Waals surface area contributed by atoms with E-state index < -0.39 is 0 Å². The van der Waals surface area contributed by atoms with E-state index in [4.69, 9.17) is 0 Å². The maximum Gasteiger partial charge on any atom is -0.0412 e. The first-order chi connectivity index (χ1) is 13.8. The minimum atomic E-state index is 1.03. The molecule has 0 aromatic rings. The van der Waals surface area contributed by atoms with Crippen LogP contribution < -0.4 is 0 Å². The van der Waals surface area contributed by atoms with Crippen molar-refractivity contribution in [3.63, 3.8) is 0 Å². The quantitative estimate of drug-likeness (QED) is 0.151. The number of unbranched alkanes of at least 4 members (excludes halogenated alkanes) is 13. The third kappa shape index (κ3) is 19.3. The Balaban J connectivity index is 4.44. The third-order valence-corrected chi connectivity index (χ3v) is 6.78. The zero-order valence-corrected chi connectivity index (χ0v) is 20.7. The molecule has 28 heavy (non-hydrogen) atoms. The summed E-state index contributed by atoms with van der Waals surface area (Å²) in [7, 11) is 0. The summed E-state index contributed by atoms with van der Waals surface area (Å²) >= 11 is 0. The van der Waals surface area contributed by atoms with Gasteiger partial charge in [0.1, 0.15) is 0 Å². The van der Waals surface area contributed by atoms with Gasteiger partial charge in [-0.15, -0.1) is 0 Å². The molecule has 0 aromatic heterocycles. The van der Waals surface area contributed by atoms with E-state index in [9.17, 15) is 0 Å². The van der Waals surface area contributed by atoms with Crippen LogP contribution in [0, 0.1) is 11.8 Å². The SMILES string of the molecule is CCCCCCCC(CCCCCC)CC(CCCCCC)CCCCCC. The molecule has 0 saturated heterocycles. The Bertz CT molecular complexity index is 257. The van der Waals surface area contributed by atoms with E-state index in [1.54, 1.807) is 6.42 Å². The largest absolute Gasteiger partial charge is 0.0654 e. The van der Waals surface area contributed by atoms with E-state index in [0.717, 1.165) is 11.8 Å². The summed E-state index contributed by atoms with van der Waals surface area (Å²) < 4.78 is 0. The molecule has 0 heteroatoms. The van der Waals surface area contributed by atoms with Crippen molar-refractivity contribution in [3.8, 4) is 0 Å². The second kappa shape index (κ2) is 23.3. The Labute approximate surface area is 181 Å². The predicted molar refractivity (Wildman–Crippen MR) is 131 cm³/mol. The summed E-state index contributed by atoms with van der Waals surface area (Å²) in [5.74, 6) is 2.06. The van der Waals surface area contributed by atoms with Gasteiger partial charge in [0.05, 0.1) is 0 Å². The van der Waals surface area contributed by atoms with Gasteiger partial charge in [0.2, 0.25) is 0 Å². The lowest BCUT2D eigenvalue weighted by Crippen LogP contribution is -2.10. The van der Waals surface area contributed by atoms with Crippen LogP contribution in [0.2, 0.25) is 0 Å². The van der Waals surface area contributed by atoms with Crippen molar-refractivity contribution in [1.29, 1.82) is 0 Å². The standard InChI is InChI=1S/C28H58/c1-5-9-13-17-21-25-28(24-20-16-12-8-4)26-27(22-18-14-10-6-2)23-19-15-11-7-3/h27-28H,5-26H2,1-4H3. The van der Waals surface area contributed by atoms with Gasteiger partial charge in [-0.25, -0.2) is 0 Å². The Hall–Kier alpha value is 0. The molecule has 0 rings (SSSR count). The Morgan fingerprint density at radius 1 is 0.321 bits per heavy atom. The smallest absolute Gasteiger partial charge is 0.0412 e. The van der Waals surface area contributed by atoms with Gasteiger partial charge in [-0.1, -0.05) is 163 Å². The van der Waals surface area contributed by atoms with Gasteiger partial charge in [0.15, 0.2) is 0 Å². The third-order valence-electron chi connectivity index (χ3n) is 6.78. The molecule has 0 aromatic carbocycles. The van der Waals surface area contributed by atoms with E-state index in [1.165, 1.54) is 135 Å². The molecule has 170 valence electrons. The summed E-state index contributed by atoms with van der Waals surface area (Å²) in [5.41, 5.74) is 0. The molecule has 0 fully saturated rings. The molecular weight excluding hydrogens is 336 g/mol. The fraction of sp³-hybridized carbons (Fsp3) is 1.00. The maximum atomic E-state index is 2.34.